The molecule has 0 unspecified atom stereocenters. The lowest BCUT2D eigenvalue weighted by Gasteiger charge is -2.00. The molecule has 16 heavy (non-hydrogen) atoms. The van der Waals surface area contributed by atoms with Gasteiger partial charge in [0.05, 0.1) is 12.1 Å². The molecule has 1 rings (SSSR count). The molecule has 0 spiro atoms. The third kappa shape index (κ3) is 4.20. The van der Waals surface area contributed by atoms with Gasteiger partial charge in [0.1, 0.15) is 12.0 Å². The summed E-state index contributed by atoms with van der Waals surface area (Å²) in [5.74, 6) is 2.25. The molecule has 4 heteroatoms. The number of unbranched alkanes of at least 4 members (excludes halogenated alkanes) is 2. The molecule has 1 aromatic heterocycles. The van der Waals surface area contributed by atoms with Gasteiger partial charge >= 0.3 is 5.97 Å². The van der Waals surface area contributed by atoms with Gasteiger partial charge < -0.3 is 14.8 Å². The van der Waals surface area contributed by atoms with Crippen molar-refractivity contribution in [3.8, 4) is 12.3 Å². The lowest BCUT2D eigenvalue weighted by Crippen LogP contribution is -2.14. The number of terminal acetylenes is 1. The predicted octanol–water partition coefficient (Wildman–Crippen LogP) is 1.87. The molecule has 0 saturated carbocycles. The maximum atomic E-state index is 10.6. The first kappa shape index (κ1) is 12.3. The summed E-state index contributed by atoms with van der Waals surface area (Å²) in [6.45, 7) is 1.40. The number of rotatable bonds is 7. The first-order valence-electron chi connectivity index (χ1n) is 5.19. The van der Waals surface area contributed by atoms with Gasteiger partial charge in [0, 0.05) is 6.42 Å². The van der Waals surface area contributed by atoms with Crippen molar-refractivity contribution in [1.29, 1.82) is 0 Å². The predicted molar refractivity (Wildman–Crippen MR) is 60.1 cm³/mol. The highest BCUT2D eigenvalue weighted by molar-refractivity contribution is 5.87. The largest absolute Gasteiger partial charge is 0.478 e. The molecule has 0 atom stereocenters. The van der Waals surface area contributed by atoms with Gasteiger partial charge in [-0.3, -0.25) is 0 Å². The van der Waals surface area contributed by atoms with Gasteiger partial charge in [-0.15, -0.1) is 12.3 Å². The van der Waals surface area contributed by atoms with E-state index in [2.05, 4.69) is 11.2 Å². The van der Waals surface area contributed by atoms with E-state index in [-0.39, 0.29) is 5.56 Å². The van der Waals surface area contributed by atoms with Crippen LogP contribution in [0.25, 0.3) is 0 Å². The zero-order valence-corrected chi connectivity index (χ0v) is 9.03. The summed E-state index contributed by atoms with van der Waals surface area (Å²) in [5.41, 5.74) is 0.184. The standard InChI is InChI=1S/C12H15NO3/c1-2-3-4-5-6-13-8-11-7-10(9-16-11)12(14)15/h1,7,9,13H,3-6,8H2,(H,14,15). The zero-order valence-electron chi connectivity index (χ0n) is 9.03. The Hall–Kier alpha value is -1.73. The van der Waals surface area contributed by atoms with Crippen LogP contribution < -0.4 is 5.32 Å². The van der Waals surface area contributed by atoms with Crippen LogP contribution in [0.4, 0.5) is 0 Å². The van der Waals surface area contributed by atoms with Gasteiger partial charge in [-0.1, -0.05) is 0 Å². The van der Waals surface area contributed by atoms with E-state index in [4.69, 9.17) is 15.9 Å². The fourth-order valence-electron chi connectivity index (χ4n) is 1.27. The maximum absolute atomic E-state index is 10.6. The normalized spacial score (nSPS) is 9.94. The van der Waals surface area contributed by atoms with Crippen molar-refractivity contribution in [2.75, 3.05) is 6.54 Å². The number of hydrogen-bond donors (Lipinski definition) is 2. The number of carboxylic acids is 1. The fraction of sp³-hybridized carbons (Fsp3) is 0.417. The summed E-state index contributed by atoms with van der Waals surface area (Å²) in [6.07, 6.45) is 9.18. The van der Waals surface area contributed by atoms with Crippen LogP contribution in [-0.2, 0) is 6.54 Å². The second-order valence-corrected chi connectivity index (χ2v) is 3.44. The number of carboxylic acid groups (broad SMARTS) is 1. The number of furan rings is 1. The second-order valence-electron chi connectivity index (χ2n) is 3.44. The smallest absolute Gasteiger partial charge is 0.338 e. The Bertz CT molecular complexity index is 376. The van der Waals surface area contributed by atoms with E-state index in [1.807, 2.05) is 0 Å². The summed E-state index contributed by atoms with van der Waals surface area (Å²) >= 11 is 0. The van der Waals surface area contributed by atoms with Crippen molar-refractivity contribution in [3.63, 3.8) is 0 Å². The van der Waals surface area contributed by atoms with Gasteiger partial charge in [-0.2, -0.15) is 0 Å². The molecule has 0 saturated heterocycles. The van der Waals surface area contributed by atoms with Crippen molar-refractivity contribution in [3.05, 3.63) is 23.7 Å². The van der Waals surface area contributed by atoms with Crippen LogP contribution in [0.1, 0.15) is 35.4 Å². The van der Waals surface area contributed by atoms with Crippen LogP contribution in [0.5, 0.6) is 0 Å². The van der Waals surface area contributed by atoms with Crippen molar-refractivity contribution in [1.82, 2.24) is 5.32 Å². The van der Waals surface area contributed by atoms with E-state index in [0.29, 0.717) is 12.3 Å². The summed E-state index contributed by atoms with van der Waals surface area (Å²) in [4.78, 5) is 10.6. The van der Waals surface area contributed by atoms with Crippen molar-refractivity contribution in [2.24, 2.45) is 0 Å². The van der Waals surface area contributed by atoms with Crippen LogP contribution in [0.15, 0.2) is 16.7 Å². The minimum Gasteiger partial charge on any atom is -0.478 e. The Morgan fingerprint density at radius 3 is 3.00 bits per heavy atom. The quantitative estimate of drug-likeness (QED) is 0.545. The third-order valence-electron chi connectivity index (χ3n) is 2.12. The summed E-state index contributed by atoms with van der Waals surface area (Å²) in [5, 5.41) is 11.8. The van der Waals surface area contributed by atoms with E-state index >= 15 is 0 Å². The first-order chi connectivity index (χ1) is 7.74. The van der Waals surface area contributed by atoms with E-state index in [9.17, 15) is 4.79 Å². The highest BCUT2D eigenvalue weighted by Gasteiger charge is 2.07. The average molecular weight is 221 g/mol. The second kappa shape index (κ2) is 6.70. The molecule has 0 aliphatic carbocycles. The molecular formula is C12H15NO3. The van der Waals surface area contributed by atoms with Gasteiger partial charge in [0.15, 0.2) is 0 Å². The molecule has 0 amide bonds. The van der Waals surface area contributed by atoms with Gasteiger partial charge in [-0.05, 0) is 25.5 Å². The van der Waals surface area contributed by atoms with Crippen LogP contribution in [0, 0.1) is 12.3 Å². The Morgan fingerprint density at radius 1 is 1.56 bits per heavy atom. The lowest BCUT2D eigenvalue weighted by molar-refractivity contribution is 0.0696. The van der Waals surface area contributed by atoms with Gasteiger partial charge in [0.25, 0.3) is 0 Å². The molecular weight excluding hydrogens is 206 g/mol. The first-order valence-corrected chi connectivity index (χ1v) is 5.19. The molecule has 1 aromatic rings. The molecule has 0 fully saturated rings. The average Bonchev–Trinajstić information content (AvgIpc) is 2.72. The Labute approximate surface area is 94.7 Å². The molecule has 0 aliphatic rings. The Morgan fingerprint density at radius 2 is 2.38 bits per heavy atom. The monoisotopic (exact) mass is 221 g/mol. The number of carbonyl (C=O) groups is 1. The third-order valence-corrected chi connectivity index (χ3v) is 2.12. The Balaban J connectivity index is 2.17. The van der Waals surface area contributed by atoms with Crippen LogP contribution in [0.2, 0.25) is 0 Å². The van der Waals surface area contributed by atoms with E-state index in [1.165, 1.54) is 12.3 Å². The van der Waals surface area contributed by atoms with Crippen molar-refractivity contribution < 1.29 is 14.3 Å². The topological polar surface area (TPSA) is 62.5 Å². The molecule has 86 valence electrons. The van der Waals surface area contributed by atoms with Crippen LogP contribution in [0.3, 0.4) is 0 Å². The Kier molecular flexibility index (Phi) is 5.17. The molecule has 0 radical (unpaired) electrons. The summed E-state index contributed by atoms with van der Waals surface area (Å²) in [6, 6.07) is 1.52. The lowest BCUT2D eigenvalue weighted by atomic mass is 10.2. The minimum atomic E-state index is -0.968. The van der Waals surface area contributed by atoms with Crippen LogP contribution in [-0.4, -0.2) is 17.6 Å². The highest BCUT2D eigenvalue weighted by Crippen LogP contribution is 2.07. The fourth-order valence-corrected chi connectivity index (χ4v) is 1.27. The van der Waals surface area contributed by atoms with E-state index in [0.717, 1.165) is 25.8 Å². The summed E-state index contributed by atoms with van der Waals surface area (Å²) in [7, 11) is 0. The van der Waals surface area contributed by atoms with Crippen LogP contribution >= 0.6 is 0 Å². The molecule has 0 aliphatic heterocycles. The minimum absolute atomic E-state index is 0.184. The highest BCUT2D eigenvalue weighted by atomic mass is 16.4. The maximum Gasteiger partial charge on any atom is 0.338 e. The van der Waals surface area contributed by atoms with Crippen molar-refractivity contribution in [2.45, 2.75) is 25.8 Å². The molecule has 1 heterocycles. The number of nitrogens with one attached hydrogen (secondary N) is 1. The van der Waals surface area contributed by atoms with Crippen molar-refractivity contribution >= 4 is 5.97 Å². The zero-order chi connectivity index (χ0) is 11.8. The number of aromatic carboxylic acids is 1. The van der Waals surface area contributed by atoms with Gasteiger partial charge in [-0.25, -0.2) is 4.79 Å². The molecule has 0 bridgehead atoms. The summed E-state index contributed by atoms with van der Waals surface area (Å²) < 4.78 is 5.08. The molecule has 2 N–H and O–H groups in total. The SMILES string of the molecule is C#CCCCCNCc1cc(C(=O)O)co1. The molecule has 4 nitrogen and oxygen atoms in total. The van der Waals surface area contributed by atoms with E-state index in [1.54, 1.807) is 0 Å². The molecule has 0 aromatic carbocycles. The number of hydrogen-bond acceptors (Lipinski definition) is 3. The van der Waals surface area contributed by atoms with E-state index < -0.39 is 5.97 Å². The van der Waals surface area contributed by atoms with Gasteiger partial charge in [0.2, 0.25) is 0 Å².